The molecule has 0 radical (unpaired) electrons. The topological polar surface area (TPSA) is 93.5 Å². The van der Waals surface area contributed by atoms with Crippen molar-refractivity contribution in [1.29, 1.82) is 0 Å². The second-order valence-corrected chi connectivity index (χ2v) is 5.01. The van der Waals surface area contributed by atoms with E-state index in [1.807, 2.05) is 0 Å². The Labute approximate surface area is 100 Å². The highest BCUT2D eigenvalue weighted by molar-refractivity contribution is 8.14. The van der Waals surface area contributed by atoms with E-state index in [0.29, 0.717) is 11.8 Å². The van der Waals surface area contributed by atoms with Crippen LogP contribution in [0.4, 0.5) is 0 Å². The van der Waals surface area contributed by atoms with Crippen LogP contribution in [0.5, 0.6) is 0 Å². The predicted molar refractivity (Wildman–Crippen MR) is 67.9 cm³/mol. The Bertz CT molecular complexity index is 249. The zero-order chi connectivity index (χ0) is 11.8. The number of hydrogen-bond acceptors (Lipinski definition) is 4. The molecule has 1 aliphatic rings. The molecule has 0 aromatic heterocycles. The molecule has 1 saturated carbocycles. The zero-order valence-electron chi connectivity index (χ0n) is 9.45. The van der Waals surface area contributed by atoms with E-state index in [1.165, 1.54) is 37.4 Å². The van der Waals surface area contributed by atoms with Crippen molar-refractivity contribution < 1.29 is 4.79 Å². The average Bonchev–Trinajstić information content (AvgIpc) is 2.54. The summed E-state index contributed by atoms with van der Waals surface area (Å²) < 4.78 is 0. The summed E-state index contributed by atoms with van der Waals surface area (Å²) >= 11 is 1.17. The molecule has 6 heteroatoms. The van der Waals surface area contributed by atoms with Gasteiger partial charge in [0.05, 0.1) is 5.75 Å². The summed E-state index contributed by atoms with van der Waals surface area (Å²) in [6.07, 6.45) is 7.19. The van der Waals surface area contributed by atoms with Gasteiger partial charge >= 0.3 is 0 Å². The van der Waals surface area contributed by atoms with E-state index in [2.05, 4.69) is 10.4 Å². The summed E-state index contributed by atoms with van der Waals surface area (Å²) in [6, 6.07) is 0.339. The van der Waals surface area contributed by atoms with Gasteiger partial charge in [0.15, 0.2) is 5.17 Å². The third-order valence-corrected chi connectivity index (χ3v) is 3.51. The van der Waals surface area contributed by atoms with Crippen molar-refractivity contribution in [3.8, 4) is 0 Å². The average molecular weight is 244 g/mol. The normalized spacial score (nSPS) is 19.1. The molecule has 0 heterocycles. The highest BCUT2D eigenvalue weighted by Crippen LogP contribution is 2.17. The number of carbonyl (C=O) groups is 1. The van der Waals surface area contributed by atoms with Gasteiger partial charge in [-0.25, -0.2) is 0 Å². The molecule has 0 aliphatic heterocycles. The van der Waals surface area contributed by atoms with Crippen molar-refractivity contribution in [2.75, 3.05) is 5.75 Å². The van der Waals surface area contributed by atoms with E-state index in [1.54, 1.807) is 0 Å². The fourth-order valence-corrected chi connectivity index (χ4v) is 2.31. The molecule has 0 aromatic carbocycles. The van der Waals surface area contributed by atoms with E-state index in [9.17, 15) is 4.79 Å². The lowest BCUT2D eigenvalue weighted by Gasteiger charge is -2.15. The van der Waals surface area contributed by atoms with Crippen LogP contribution >= 0.6 is 11.8 Å². The minimum absolute atomic E-state index is 0.0171. The largest absolute Gasteiger partial charge is 0.377 e. The summed E-state index contributed by atoms with van der Waals surface area (Å²) in [5, 5.41) is 6.57. The molecule has 0 aromatic rings. The first-order valence-corrected chi connectivity index (χ1v) is 6.66. The lowest BCUT2D eigenvalue weighted by Crippen LogP contribution is -2.36. The summed E-state index contributed by atoms with van der Waals surface area (Å²) in [4.78, 5) is 11.6. The van der Waals surface area contributed by atoms with Crippen LogP contribution in [0.25, 0.3) is 0 Å². The first-order chi connectivity index (χ1) is 7.72. The fraction of sp³-hybridized carbons (Fsp3) is 0.800. The molecule has 0 atom stereocenters. The number of rotatable bonds is 3. The molecular weight excluding hydrogens is 224 g/mol. The maximum atomic E-state index is 11.6. The summed E-state index contributed by atoms with van der Waals surface area (Å²) in [5.41, 5.74) is 5.39. The first-order valence-electron chi connectivity index (χ1n) is 5.68. The second kappa shape index (κ2) is 7.38. The van der Waals surface area contributed by atoms with Crippen LogP contribution in [0, 0.1) is 0 Å². The molecule has 5 nitrogen and oxygen atoms in total. The van der Waals surface area contributed by atoms with Crippen LogP contribution in [0.15, 0.2) is 5.10 Å². The Kier molecular flexibility index (Phi) is 6.07. The Balaban J connectivity index is 2.22. The standard InChI is InChI=1S/C10H20N4OS/c11-10(14-12)16-7-9(15)13-8-5-3-1-2-4-6-8/h8H,1-7,12H2,(H2,11,14)(H,13,15). The predicted octanol–water partition coefficient (Wildman–Crippen LogP) is 0.747. The van der Waals surface area contributed by atoms with Crippen LogP contribution in [-0.4, -0.2) is 22.9 Å². The Morgan fingerprint density at radius 1 is 1.31 bits per heavy atom. The molecule has 5 N–H and O–H groups in total. The number of nitrogens with two attached hydrogens (primary N) is 2. The third kappa shape index (κ3) is 5.25. The molecule has 0 saturated heterocycles. The smallest absolute Gasteiger partial charge is 0.230 e. The van der Waals surface area contributed by atoms with Crippen LogP contribution in [0.3, 0.4) is 0 Å². The number of hydrazone groups is 1. The van der Waals surface area contributed by atoms with Gasteiger partial charge in [-0.2, -0.15) is 5.10 Å². The zero-order valence-corrected chi connectivity index (χ0v) is 10.3. The molecule has 0 spiro atoms. The van der Waals surface area contributed by atoms with Crippen molar-refractivity contribution in [1.82, 2.24) is 5.32 Å². The summed E-state index contributed by atoms with van der Waals surface area (Å²) in [7, 11) is 0. The SMILES string of the molecule is NN=C(N)SCC(=O)NC1CCCCCC1. The summed E-state index contributed by atoms with van der Waals surface area (Å²) in [5.74, 6) is 5.29. The molecular formula is C10H20N4OS. The van der Waals surface area contributed by atoms with Gasteiger partial charge in [-0.15, -0.1) is 0 Å². The number of carbonyl (C=O) groups excluding carboxylic acids is 1. The van der Waals surface area contributed by atoms with Crippen LogP contribution in [0.1, 0.15) is 38.5 Å². The van der Waals surface area contributed by atoms with E-state index in [4.69, 9.17) is 11.6 Å². The van der Waals surface area contributed by atoms with Gasteiger partial charge in [0.1, 0.15) is 0 Å². The minimum Gasteiger partial charge on any atom is -0.377 e. The van der Waals surface area contributed by atoms with Crippen molar-refractivity contribution in [3.05, 3.63) is 0 Å². The molecule has 1 amide bonds. The highest BCUT2D eigenvalue weighted by Gasteiger charge is 2.14. The number of hydrogen-bond donors (Lipinski definition) is 3. The van der Waals surface area contributed by atoms with Gasteiger partial charge in [-0.3, -0.25) is 4.79 Å². The molecule has 0 bridgehead atoms. The fourth-order valence-electron chi connectivity index (χ4n) is 1.87. The van der Waals surface area contributed by atoms with E-state index in [-0.39, 0.29) is 11.1 Å². The van der Waals surface area contributed by atoms with Crippen molar-refractivity contribution >= 4 is 22.8 Å². The Morgan fingerprint density at radius 3 is 2.50 bits per heavy atom. The Morgan fingerprint density at radius 2 is 1.94 bits per heavy atom. The van der Waals surface area contributed by atoms with E-state index in [0.717, 1.165) is 12.8 Å². The number of nitrogens with zero attached hydrogens (tertiary/aromatic N) is 1. The van der Waals surface area contributed by atoms with Gasteiger partial charge in [-0.05, 0) is 12.8 Å². The van der Waals surface area contributed by atoms with Gasteiger partial charge in [0.25, 0.3) is 0 Å². The Hall–Kier alpha value is -0.910. The summed E-state index contributed by atoms with van der Waals surface area (Å²) in [6.45, 7) is 0. The van der Waals surface area contributed by atoms with Crippen LogP contribution < -0.4 is 16.9 Å². The third-order valence-electron chi connectivity index (χ3n) is 2.70. The number of thioether (sulfide) groups is 1. The highest BCUT2D eigenvalue weighted by atomic mass is 32.2. The first kappa shape index (κ1) is 13.2. The van der Waals surface area contributed by atoms with Crippen LogP contribution in [-0.2, 0) is 4.79 Å². The maximum Gasteiger partial charge on any atom is 0.230 e. The van der Waals surface area contributed by atoms with Crippen LogP contribution in [0.2, 0.25) is 0 Å². The van der Waals surface area contributed by atoms with Gasteiger partial charge in [0.2, 0.25) is 5.91 Å². The lowest BCUT2D eigenvalue weighted by molar-refractivity contribution is -0.119. The minimum atomic E-state index is 0.0171. The quantitative estimate of drug-likeness (QED) is 0.224. The molecule has 1 rings (SSSR count). The monoisotopic (exact) mass is 244 g/mol. The molecule has 0 unspecified atom stereocenters. The van der Waals surface area contributed by atoms with Gasteiger partial charge < -0.3 is 16.9 Å². The number of amides is 1. The van der Waals surface area contributed by atoms with Gasteiger partial charge in [0, 0.05) is 6.04 Å². The molecule has 1 aliphatic carbocycles. The molecule has 16 heavy (non-hydrogen) atoms. The lowest BCUT2D eigenvalue weighted by atomic mass is 10.1. The van der Waals surface area contributed by atoms with E-state index >= 15 is 0 Å². The number of nitrogens with one attached hydrogen (secondary N) is 1. The molecule has 1 fully saturated rings. The molecule has 92 valence electrons. The second-order valence-electron chi connectivity index (χ2n) is 4.01. The van der Waals surface area contributed by atoms with Gasteiger partial charge in [-0.1, -0.05) is 37.4 Å². The van der Waals surface area contributed by atoms with Crippen molar-refractivity contribution in [3.63, 3.8) is 0 Å². The van der Waals surface area contributed by atoms with Crippen molar-refractivity contribution in [2.24, 2.45) is 16.7 Å². The van der Waals surface area contributed by atoms with Crippen molar-refractivity contribution in [2.45, 2.75) is 44.6 Å². The van der Waals surface area contributed by atoms with E-state index < -0.39 is 0 Å². The maximum absolute atomic E-state index is 11.6. The number of amidine groups is 1.